The van der Waals surface area contributed by atoms with E-state index in [4.69, 9.17) is 4.52 Å². The Labute approximate surface area is 166 Å². The van der Waals surface area contributed by atoms with Crippen molar-refractivity contribution < 1.29 is 14.1 Å². The third-order valence-electron chi connectivity index (χ3n) is 4.09. The number of hydrogen-bond donors (Lipinski definition) is 1. The highest BCUT2D eigenvalue weighted by Gasteiger charge is 2.29. The number of carbonyl (C=O) groups excluding carboxylic acids is 2. The van der Waals surface area contributed by atoms with E-state index in [1.165, 1.54) is 23.1 Å². The molecule has 8 nitrogen and oxygen atoms in total. The van der Waals surface area contributed by atoms with Gasteiger partial charge in [-0.2, -0.15) is 0 Å². The molecule has 0 aliphatic heterocycles. The van der Waals surface area contributed by atoms with E-state index in [9.17, 15) is 9.59 Å². The summed E-state index contributed by atoms with van der Waals surface area (Å²) in [5.74, 6) is 1.12. The average molecular weight is 410 g/mol. The van der Waals surface area contributed by atoms with Crippen molar-refractivity contribution in [2.45, 2.75) is 62.9 Å². The molecule has 0 saturated heterocycles. The van der Waals surface area contributed by atoms with Crippen LogP contribution in [0.1, 0.15) is 62.7 Å². The highest BCUT2D eigenvalue weighted by molar-refractivity contribution is 8.01. The van der Waals surface area contributed by atoms with E-state index >= 15 is 0 Å². The SMILES string of the molecule is CC(C)N(C(=O)CSc1nnc(NC(=O)c2cc(C3CC3)on2)s1)C(C)C. The number of aromatic nitrogens is 3. The molecule has 0 atom stereocenters. The quantitative estimate of drug-likeness (QED) is 0.527. The van der Waals surface area contributed by atoms with Gasteiger partial charge in [0.1, 0.15) is 5.76 Å². The predicted octanol–water partition coefficient (Wildman–Crippen LogP) is 3.39. The average Bonchev–Trinajstić information content (AvgIpc) is 3.15. The van der Waals surface area contributed by atoms with E-state index in [1.54, 1.807) is 6.07 Å². The fourth-order valence-electron chi connectivity index (χ4n) is 2.81. The van der Waals surface area contributed by atoms with Gasteiger partial charge in [0.2, 0.25) is 11.0 Å². The first-order valence-electron chi connectivity index (χ1n) is 8.90. The summed E-state index contributed by atoms with van der Waals surface area (Å²) in [6.45, 7) is 8.00. The molecule has 0 radical (unpaired) electrons. The molecular formula is C17H23N5O3S2. The molecule has 2 heterocycles. The summed E-state index contributed by atoms with van der Waals surface area (Å²) in [7, 11) is 0. The molecule has 27 heavy (non-hydrogen) atoms. The maximum absolute atomic E-state index is 12.4. The Hall–Kier alpha value is -1.94. The van der Waals surface area contributed by atoms with Crippen LogP contribution in [-0.2, 0) is 4.79 Å². The summed E-state index contributed by atoms with van der Waals surface area (Å²) in [4.78, 5) is 26.5. The molecule has 1 fully saturated rings. The zero-order valence-corrected chi connectivity index (χ0v) is 17.4. The zero-order chi connectivity index (χ0) is 19.6. The second-order valence-corrected chi connectivity index (χ2v) is 9.19. The summed E-state index contributed by atoms with van der Waals surface area (Å²) in [6, 6.07) is 1.96. The maximum Gasteiger partial charge on any atom is 0.279 e. The van der Waals surface area contributed by atoms with Gasteiger partial charge in [-0.15, -0.1) is 10.2 Å². The fraction of sp³-hybridized carbons (Fsp3) is 0.588. The lowest BCUT2D eigenvalue weighted by molar-refractivity contribution is -0.131. The largest absolute Gasteiger partial charge is 0.360 e. The molecule has 0 unspecified atom stereocenters. The van der Waals surface area contributed by atoms with E-state index in [2.05, 4.69) is 20.7 Å². The Morgan fingerprint density at radius 1 is 1.30 bits per heavy atom. The Morgan fingerprint density at radius 2 is 2.00 bits per heavy atom. The number of amides is 2. The first-order valence-corrected chi connectivity index (χ1v) is 10.7. The molecule has 2 aromatic rings. The molecule has 2 aromatic heterocycles. The van der Waals surface area contributed by atoms with Gasteiger partial charge in [-0.25, -0.2) is 0 Å². The minimum absolute atomic E-state index is 0.0565. The van der Waals surface area contributed by atoms with Crippen molar-refractivity contribution in [1.29, 1.82) is 0 Å². The lowest BCUT2D eigenvalue weighted by Gasteiger charge is -2.30. The first-order chi connectivity index (χ1) is 12.8. The van der Waals surface area contributed by atoms with Crippen LogP contribution < -0.4 is 5.32 Å². The van der Waals surface area contributed by atoms with Gasteiger partial charge in [0.15, 0.2) is 10.0 Å². The minimum atomic E-state index is -0.375. The third-order valence-corrected chi connectivity index (χ3v) is 6.04. The molecule has 1 aliphatic carbocycles. The van der Waals surface area contributed by atoms with Crippen molar-refractivity contribution in [3.8, 4) is 0 Å². The van der Waals surface area contributed by atoms with Gasteiger partial charge < -0.3 is 9.42 Å². The Morgan fingerprint density at radius 3 is 2.63 bits per heavy atom. The highest BCUT2D eigenvalue weighted by atomic mass is 32.2. The minimum Gasteiger partial charge on any atom is -0.360 e. The van der Waals surface area contributed by atoms with E-state index in [1.807, 2.05) is 32.6 Å². The smallest absolute Gasteiger partial charge is 0.279 e. The number of nitrogens with zero attached hydrogens (tertiary/aromatic N) is 4. The topological polar surface area (TPSA) is 101 Å². The van der Waals surface area contributed by atoms with Gasteiger partial charge in [0, 0.05) is 24.1 Å². The number of thioether (sulfide) groups is 1. The lowest BCUT2D eigenvalue weighted by Crippen LogP contribution is -2.43. The predicted molar refractivity (Wildman–Crippen MR) is 104 cm³/mol. The van der Waals surface area contributed by atoms with Crippen molar-refractivity contribution >= 4 is 40.0 Å². The van der Waals surface area contributed by atoms with Crippen LogP contribution in [0, 0.1) is 0 Å². The number of rotatable bonds is 8. The maximum atomic E-state index is 12.4. The monoisotopic (exact) mass is 409 g/mol. The highest BCUT2D eigenvalue weighted by Crippen LogP contribution is 2.40. The van der Waals surface area contributed by atoms with Gasteiger partial charge in [-0.1, -0.05) is 28.3 Å². The van der Waals surface area contributed by atoms with Crippen LogP contribution >= 0.6 is 23.1 Å². The van der Waals surface area contributed by atoms with Crippen molar-refractivity contribution in [3.63, 3.8) is 0 Å². The van der Waals surface area contributed by atoms with Crippen molar-refractivity contribution in [1.82, 2.24) is 20.3 Å². The van der Waals surface area contributed by atoms with Crippen molar-refractivity contribution in [3.05, 3.63) is 17.5 Å². The summed E-state index contributed by atoms with van der Waals surface area (Å²) < 4.78 is 5.82. The molecule has 3 rings (SSSR count). The third kappa shape index (κ3) is 5.07. The molecule has 0 spiro atoms. The molecule has 10 heteroatoms. The first kappa shape index (κ1) is 19.8. The van der Waals surface area contributed by atoms with Crippen LogP contribution in [0.4, 0.5) is 5.13 Å². The molecular weight excluding hydrogens is 386 g/mol. The van der Waals surface area contributed by atoms with Crippen LogP contribution in [0.3, 0.4) is 0 Å². The van der Waals surface area contributed by atoms with Crippen LogP contribution in [0.25, 0.3) is 0 Å². The van der Waals surface area contributed by atoms with Gasteiger partial charge >= 0.3 is 0 Å². The summed E-state index contributed by atoms with van der Waals surface area (Å²) in [5, 5.41) is 14.8. The van der Waals surface area contributed by atoms with E-state index in [0.717, 1.165) is 18.6 Å². The Balaban J connectivity index is 1.53. The van der Waals surface area contributed by atoms with Gasteiger partial charge in [-0.3, -0.25) is 14.9 Å². The van der Waals surface area contributed by atoms with Crippen LogP contribution in [-0.4, -0.2) is 49.9 Å². The molecule has 1 saturated carbocycles. The normalized spacial score (nSPS) is 14.0. The zero-order valence-electron chi connectivity index (χ0n) is 15.8. The number of nitrogens with one attached hydrogen (secondary N) is 1. The molecule has 146 valence electrons. The summed E-state index contributed by atoms with van der Waals surface area (Å²) in [5.41, 5.74) is 0.237. The van der Waals surface area contributed by atoms with Crippen molar-refractivity contribution in [2.75, 3.05) is 11.1 Å². The van der Waals surface area contributed by atoms with Crippen LogP contribution in [0.15, 0.2) is 14.9 Å². The van der Waals surface area contributed by atoms with E-state index in [-0.39, 0.29) is 35.3 Å². The number of hydrogen-bond acceptors (Lipinski definition) is 8. The Bertz CT molecular complexity index is 805. The fourth-order valence-corrected chi connectivity index (χ4v) is 4.42. The standard InChI is InChI=1S/C17H23N5O3S2/c1-9(2)22(10(3)4)14(23)8-26-17-20-19-16(27-17)18-15(24)12-7-13(25-21-12)11-5-6-11/h7,9-11H,5-6,8H2,1-4H3,(H,18,19,24). The van der Waals surface area contributed by atoms with Crippen LogP contribution in [0.2, 0.25) is 0 Å². The molecule has 1 aliphatic rings. The molecule has 2 amide bonds. The number of anilines is 1. The molecule has 0 aromatic carbocycles. The van der Waals surface area contributed by atoms with Gasteiger partial charge in [0.05, 0.1) is 5.75 Å². The molecule has 0 bridgehead atoms. The van der Waals surface area contributed by atoms with Gasteiger partial charge in [0.25, 0.3) is 5.91 Å². The Kier molecular flexibility index (Phi) is 6.15. The van der Waals surface area contributed by atoms with Crippen molar-refractivity contribution in [2.24, 2.45) is 0 Å². The van der Waals surface area contributed by atoms with Crippen LogP contribution in [0.5, 0.6) is 0 Å². The summed E-state index contributed by atoms with van der Waals surface area (Å²) >= 11 is 2.55. The van der Waals surface area contributed by atoms with E-state index in [0.29, 0.717) is 15.4 Å². The second kappa shape index (κ2) is 8.39. The second-order valence-electron chi connectivity index (χ2n) is 6.99. The number of carbonyl (C=O) groups is 2. The van der Waals surface area contributed by atoms with Gasteiger partial charge in [-0.05, 0) is 40.5 Å². The molecule has 1 N–H and O–H groups in total. The lowest BCUT2D eigenvalue weighted by atomic mass is 10.2. The van der Waals surface area contributed by atoms with E-state index < -0.39 is 0 Å². The summed E-state index contributed by atoms with van der Waals surface area (Å²) in [6.07, 6.45) is 2.16.